The lowest BCUT2D eigenvalue weighted by atomic mass is 10.2. The lowest BCUT2D eigenvalue weighted by Gasteiger charge is -2.08. The van der Waals surface area contributed by atoms with Gasteiger partial charge in [-0.1, -0.05) is 18.2 Å². The zero-order valence-electron chi connectivity index (χ0n) is 13.9. The van der Waals surface area contributed by atoms with Crippen LogP contribution in [0.5, 0.6) is 0 Å². The van der Waals surface area contributed by atoms with Crippen LogP contribution in [0.25, 0.3) is 0 Å². The second-order valence-electron chi connectivity index (χ2n) is 5.12. The maximum Gasteiger partial charge on any atom is 0.325 e. The van der Waals surface area contributed by atoms with Crippen molar-refractivity contribution in [2.24, 2.45) is 0 Å². The topological polar surface area (TPSA) is 114 Å². The maximum absolute atomic E-state index is 11.8. The fraction of sp³-hybridized carbons (Fsp3) is 0.176. The van der Waals surface area contributed by atoms with Gasteiger partial charge in [0.15, 0.2) is 6.61 Å². The molecule has 9 heteroatoms. The van der Waals surface area contributed by atoms with Crippen molar-refractivity contribution in [1.82, 2.24) is 16.2 Å². The Kier molecular flexibility index (Phi) is 6.86. The van der Waals surface area contributed by atoms with E-state index in [4.69, 9.17) is 4.74 Å². The van der Waals surface area contributed by atoms with E-state index < -0.39 is 24.4 Å². The summed E-state index contributed by atoms with van der Waals surface area (Å²) in [4.78, 5) is 48.1. The highest BCUT2D eigenvalue weighted by Gasteiger charge is 2.12. The first-order chi connectivity index (χ1) is 12.5. The van der Waals surface area contributed by atoms with Gasteiger partial charge in [-0.3, -0.25) is 30.0 Å². The zero-order chi connectivity index (χ0) is 18.9. The van der Waals surface area contributed by atoms with Crippen molar-refractivity contribution in [3.63, 3.8) is 0 Å². The van der Waals surface area contributed by atoms with Gasteiger partial charge in [-0.15, -0.1) is 11.3 Å². The summed E-state index contributed by atoms with van der Waals surface area (Å²) in [6.45, 7) is 0.923. The van der Waals surface area contributed by atoms with Crippen LogP contribution in [0.3, 0.4) is 0 Å². The number of esters is 1. The second-order valence-corrected chi connectivity index (χ2v) is 6.41. The first-order valence-corrected chi connectivity index (χ1v) is 8.42. The molecule has 0 aliphatic heterocycles. The SMILES string of the molecule is Cc1ccc(C(=O)NCC(=O)OCC(=O)NNC(=O)c2ccccc2)s1. The number of amides is 3. The van der Waals surface area contributed by atoms with E-state index in [1.54, 1.807) is 42.5 Å². The molecule has 2 rings (SSSR count). The predicted octanol–water partition coefficient (Wildman–Crippen LogP) is 0.791. The Bertz CT molecular complexity index is 804. The van der Waals surface area contributed by atoms with Crippen molar-refractivity contribution in [3.8, 4) is 0 Å². The summed E-state index contributed by atoms with van der Waals surface area (Å²) in [5.74, 6) is -2.36. The minimum Gasteiger partial charge on any atom is -0.454 e. The Balaban J connectivity index is 1.64. The summed E-state index contributed by atoms with van der Waals surface area (Å²) >= 11 is 1.30. The van der Waals surface area contributed by atoms with Crippen molar-refractivity contribution in [2.45, 2.75) is 6.92 Å². The lowest BCUT2D eigenvalue weighted by molar-refractivity contribution is -0.147. The molecule has 0 aliphatic carbocycles. The van der Waals surface area contributed by atoms with Crippen LogP contribution in [0.1, 0.15) is 24.9 Å². The molecule has 8 nitrogen and oxygen atoms in total. The molecular weight excluding hydrogens is 358 g/mol. The number of carbonyl (C=O) groups excluding carboxylic acids is 4. The number of ether oxygens (including phenoxy) is 1. The Morgan fingerprint density at radius 3 is 2.35 bits per heavy atom. The maximum atomic E-state index is 11.8. The van der Waals surface area contributed by atoms with E-state index in [0.717, 1.165) is 4.88 Å². The summed E-state index contributed by atoms with van der Waals surface area (Å²) in [5.41, 5.74) is 4.70. The summed E-state index contributed by atoms with van der Waals surface area (Å²) in [6, 6.07) is 11.7. The van der Waals surface area contributed by atoms with E-state index in [-0.39, 0.29) is 12.5 Å². The van der Waals surface area contributed by atoms with Gasteiger partial charge in [0.05, 0.1) is 4.88 Å². The number of hydrogen-bond donors (Lipinski definition) is 3. The number of hydrogen-bond acceptors (Lipinski definition) is 6. The van der Waals surface area contributed by atoms with Crippen molar-refractivity contribution in [1.29, 1.82) is 0 Å². The Morgan fingerprint density at radius 2 is 1.69 bits per heavy atom. The van der Waals surface area contributed by atoms with E-state index in [1.807, 2.05) is 6.92 Å². The molecule has 26 heavy (non-hydrogen) atoms. The molecule has 0 aliphatic rings. The van der Waals surface area contributed by atoms with Gasteiger partial charge in [-0.05, 0) is 31.2 Å². The molecule has 0 saturated carbocycles. The van der Waals surface area contributed by atoms with E-state index in [9.17, 15) is 19.2 Å². The molecule has 1 aromatic carbocycles. The summed E-state index contributed by atoms with van der Waals surface area (Å²) in [7, 11) is 0. The number of nitrogens with one attached hydrogen (secondary N) is 3. The third-order valence-electron chi connectivity index (χ3n) is 3.07. The molecule has 0 bridgehead atoms. The molecule has 136 valence electrons. The quantitative estimate of drug-likeness (QED) is 0.510. The van der Waals surface area contributed by atoms with Crippen LogP contribution in [-0.2, 0) is 14.3 Å². The van der Waals surface area contributed by atoms with Gasteiger partial charge >= 0.3 is 5.97 Å². The number of carbonyl (C=O) groups is 4. The van der Waals surface area contributed by atoms with Crippen LogP contribution in [0, 0.1) is 6.92 Å². The lowest BCUT2D eigenvalue weighted by Crippen LogP contribution is -2.44. The summed E-state index contributed by atoms with van der Waals surface area (Å²) < 4.78 is 4.72. The number of hydrazine groups is 1. The van der Waals surface area contributed by atoms with E-state index in [2.05, 4.69) is 16.2 Å². The molecule has 2 aromatic rings. The molecule has 0 atom stereocenters. The van der Waals surface area contributed by atoms with Gasteiger partial charge in [0.1, 0.15) is 6.54 Å². The van der Waals surface area contributed by atoms with Crippen LogP contribution in [0.15, 0.2) is 42.5 Å². The zero-order valence-corrected chi connectivity index (χ0v) is 14.7. The Labute approximate surface area is 153 Å². The Morgan fingerprint density at radius 1 is 0.962 bits per heavy atom. The van der Waals surface area contributed by atoms with Crippen LogP contribution in [0.4, 0.5) is 0 Å². The molecule has 3 amide bonds. The Hall–Kier alpha value is -3.20. The average Bonchev–Trinajstić information content (AvgIpc) is 3.09. The third kappa shape index (κ3) is 6.02. The van der Waals surface area contributed by atoms with E-state index in [0.29, 0.717) is 10.4 Å². The minimum absolute atomic E-state index is 0.362. The minimum atomic E-state index is -0.767. The van der Waals surface area contributed by atoms with Crippen LogP contribution >= 0.6 is 11.3 Å². The number of aryl methyl sites for hydroxylation is 1. The first kappa shape index (κ1) is 19.1. The van der Waals surface area contributed by atoms with E-state index >= 15 is 0 Å². The highest BCUT2D eigenvalue weighted by Crippen LogP contribution is 2.14. The highest BCUT2D eigenvalue weighted by atomic mass is 32.1. The molecule has 0 spiro atoms. The monoisotopic (exact) mass is 375 g/mol. The number of rotatable bonds is 6. The van der Waals surface area contributed by atoms with Crippen LogP contribution in [0.2, 0.25) is 0 Å². The largest absolute Gasteiger partial charge is 0.454 e. The fourth-order valence-electron chi connectivity index (χ4n) is 1.82. The molecule has 1 heterocycles. The molecule has 0 radical (unpaired) electrons. The number of benzene rings is 1. The van der Waals surface area contributed by atoms with Crippen molar-refractivity contribution >= 4 is 35.0 Å². The smallest absolute Gasteiger partial charge is 0.325 e. The predicted molar refractivity (Wildman–Crippen MR) is 94.4 cm³/mol. The normalized spacial score (nSPS) is 9.88. The molecule has 0 unspecified atom stereocenters. The summed E-state index contributed by atoms with van der Waals surface area (Å²) in [6.07, 6.45) is 0. The molecule has 3 N–H and O–H groups in total. The highest BCUT2D eigenvalue weighted by molar-refractivity contribution is 7.13. The molecule has 0 fully saturated rings. The average molecular weight is 375 g/mol. The van der Waals surface area contributed by atoms with Gasteiger partial charge in [-0.2, -0.15) is 0 Å². The molecule has 0 saturated heterocycles. The van der Waals surface area contributed by atoms with Crippen molar-refractivity contribution < 1.29 is 23.9 Å². The molecular formula is C17H17N3O5S. The third-order valence-corrected chi connectivity index (χ3v) is 4.07. The number of thiophene rings is 1. The molecule has 1 aromatic heterocycles. The summed E-state index contributed by atoms with van der Waals surface area (Å²) in [5, 5.41) is 2.40. The standard InChI is InChI=1S/C17H17N3O5S/c1-11-7-8-13(26-11)17(24)18-9-15(22)25-10-14(21)19-20-16(23)12-5-3-2-4-6-12/h2-8H,9-10H2,1H3,(H,18,24)(H,19,21)(H,20,23). The van der Waals surface area contributed by atoms with Gasteiger partial charge in [0.25, 0.3) is 17.7 Å². The van der Waals surface area contributed by atoms with Crippen LogP contribution in [-0.4, -0.2) is 36.8 Å². The van der Waals surface area contributed by atoms with Gasteiger partial charge in [-0.25, -0.2) is 0 Å². The first-order valence-electron chi connectivity index (χ1n) is 7.60. The van der Waals surface area contributed by atoms with E-state index in [1.165, 1.54) is 11.3 Å². The van der Waals surface area contributed by atoms with Gasteiger partial charge < -0.3 is 10.1 Å². The van der Waals surface area contributed by atoms with Gasteiger partial charge in [0.2, 0.25) is 0 Å². The van der Waals surface area contributed by atoms with Crippen molar-refractivity contribution in [2.75, 3.05) is 13.2 Å². The van der Waals surface area contributed by atoms with Gasteiger partial charge in [0, 0.05) is 10.4 Å². The fourth-order valence-corrected chi connectivity index (χ4v) is 2.60. The second kappa shape index (κ2) is 9.33. The van der Waals surface area contributed by atoms with Crippen molar-refractivity contribution in [3.05, 3.63) is 57.8 Å². The van der Waals surface area contributed by atoms with Crippen LogP contribution < -0.4 is 16.2 Å².